The van der Waals surface area contributed by atoms with E-state index < -0.39 is 0 Å². The summed E-state index contributed by atoms with van der Waals surface area (Å²) >= 11 is 0. The molecule has 0 aromatic rings. The predicted octanol–water partition coefficient (Wildman–Crippen LogP) is 1.93. The Morgan fingerprint density at radius 3 is 2.69 bits per heavy atom. The molecule has 0 aromatic heterocycles. The lowest BCUT2D eigenvalue weighted by Crippen LogP contribution is -2.49. The van der Waals surface area contributed by atoms with Crippen LogP contribution >= 0.6 is 0 Å². The minimum atomic E-state index is -0.0718. The van der Waals surface area contributed by atoms with Crippen molar-refractivity contribution in [1.29, 1.82) is 0 Å². The van der Waals surface area contributed by atoms with Crippen molar-refractivity contribution in [2.75, 3.05) is 7.05 Å². The van der Waals surface area contributed by atoms with Crippen molar-refractivity contribution in [3.05, 3.63) is 0 Å². The number of rotatable bonds is 4. The largest absolute Gasteiger partial charge is 0.358 e. The molecule has 1 aliphatic rings. The van der Waals surface area contributed by atoms with Crippen molar-refractivity contribution in [3.63, 3.8) is 0 Å². The quantitative estimate of drug-likeness (QED) is 0.769. The molecule has 2 N–H and O–H groups in total. The van der Waals surface area contributed by atoms with Crippen LogP contribution in [0.15, 0.2) is 0 Å². The summed E-state index contributed by atoms with van der Waals surface area (Å²) in [6, 6.07) is 0.450. The molecule has 0 spiro atoms. The maximum absolute atomic E-state index is 11.5. The molecule has 0 aromatic carbocycles. The van der Waals surface area contributed by atoms with Gasteiger partial charge in [0.1, 0.15) is 0 Å². The van der Waals surface area contributed by atoms with Gasteiger partial charge >= 0.3 is 0 Å². The SMILES string of the molecule is CCC1CC(C)CCC1N[C@H](C)C(=O)NC. The van der Waals surface area contributed by atoms with E-state index in [4.69, 9.17) is 0 Å². The highest BCUT2D eigenvalue weighted by Crippen LogP contribution is 2.31. The average molecular weight is 226 g/mol. The molecule has 4 atom stereocenters. The molecule has 0 aliphatic heterocycles. The molecule has 0 saturated heterocycles. The van der Waals surface area contributed by atoms with Crippen LogP contribution in [-0.4, -0.2) is 25.0 Å². The van der Waals surface area contributed by atoms with Crippen molar-refractivity contribution in [3.8, 4) is 0 Å². The van der Waals surface area contributed by atoms with Gasteiger partial charge in [-0.25, -0.2) is 0 Å². The Bertz CT molecular complexity index is 230. The molecule has 94 valence electrons. The minimum Gasteiger partial charge on any atom is -0.358 e. The smallest absolute Gasteiger partial charge is 0.236 e. The molecule has 1 rings (SSSR count). The van der Waals surface area contributed by atoms with E-state index >= 15 is 0 Å². The Kier molecular flexibility index (Phi) is 5.26. The van der Waals surface area contributed by atoms with Gasteiger partial charge in [-0.1, -0.05) is 20.3 Å². The standard InChI is InChI=1S/C13H26N2O/c1-5-11-8-9(2)6-7-12(11)15-10(3)13(16)14-4/h9-12,15H,5-8H2,1-4H3,(H,14,16)/t9?,10-,11?,12?/m1/s1. The zero-order valence-corrected chi connectivity index (χ0v) is 11.0. The summed E-state index contributed by atoms with van der Waals surface area (Å²) in [6.07, 6.45) is 5.01. The molecular weight excluding hydrogens is 200 g/mol. The van der Waals surface area contributed by atoms with Crippen LogP contribution < -0.4 is 10.6 Å². The third-order valence-electron chi connectivity index (χ3n) is 3.87. The van der Waals surface area contributed by atoms with Gasteiger partial charge in [0.05, 0.1) is 6.04 Å². The van der Waals surface area contributed by atoms with Crippen LogP contribution in [0.1, 0.15) is 46.5 Å². The summed E-state index contributed by atoms with van der Waals surface area (Å²) in [5.41, 5.74) is 0. The zero-order valence-electron chi connectivity index (χ0n) is 11.0. The fourth-order valence-electron chi connectivity index (χ4n) is 2.78. The highest BCUT2D eigenvalue weighted by atomic mass is 16.2. The van der Waals surface area contributed by atoms with Gasteiger partial charge in [-0.15, -0.1) is 0 Å². The first-order chi connectivity index (χ1) is 7.58. The molecule has 1 aliphatic carbocycles. The lowest BCUT2D eigenvalue weighted by atomic mass is 9.77. The van der Waals surface area contributed by atoms with Gasteiger partial charge in [0, 0.05) is 13.1 Å². The van der Waals surface area contributed by atoms with Crippen LogP contribution in [0.4, 0.5) is 0 Å². The number of amides is 1. The number of hydrogen-bond donors (Lipinski definition) is 2. The van der Waals surface area contributed by atoms with Crippen molar-refractivity contribution < 1.29 is 4.79 Å². The van der Waals surface area contributed by atoms with E-state index in [1.165, 1.54) is 25.7 Å². The Morgan fingerprint density at radius 1 is 1.44 bits per heavy atom. The number of hydrogen-bond acceptors (Lipinski definition) is 2. The van der Waals surface area contributed by atoms with Crippen molar-refractivity contribution in [2.45, 2.75) is 58.5 Å². The van der Waals surface area contributed by atoms with Crippen LogP contribution in [0.5, 0.6) is 0 Å². The number of nitrogens with one attached hydrogen (secondary N) is 2. The van der Waals surface area contributed by atoms with Gasteiger partial charge in [0.2, 0.25) is 5.91 Å². The summed E-state index contributed by atoms with van der Waals surface area (Å²) in [5.74, 6) is 1.67. The number of carbonyl (C=O) groups is 1. The van der Waals surface area contributed by atoms with Gasteiger partial charge in [-0.2, -0.15) is 0 Å². The minimum absolute atomic E-state index is 0.0718. The molecule has 3 heteroatoms. The fourth-order valence-corrected chi connectivity index (χ4v) is 2.78. The van der Waals surface area contributed by atoms with Crippen molar-refractivity contribution in [1.82, 2.24) is 10.6 Å². The van der Waals surface area contributed by atoms with Crippen LogP contribution in [0, 0.1) is 11.8 Å². The van der Waals surface area contributed by atoms with Crippen molar-refractivity contribution >= 4 is 5.91 Å². The summed E-state index contributed by atoms with van der Waals surface area (Å²) in [7, 11) is 1.70. The molecule has 1 saturated carbocycles. The second kappa shape index (κ2) is 6.24. The summed E-state index contributed by atoms with van der Waals surface area (Å²) < 4.78 is 0. The highest BCUT2D eigenvalue weighted by Gasteiger charge is 2.29. The first kappa shape index (κ1) is 13.5. The van der Waals surface area contributed by atoms with Crippen molar-refractivity contribution in [2.24, 2.45) is 11.8 Å². The van der Waals surface area contributed by atoms with Crippen LogP contribution in [0.25, 0.3) is 0 Å². The first-order valence-corrected chi connectivity index (χ1v) is 6.56. The van der Waals surface area contributed by atoms with Gasteiger partial charge < -0.3 is 10.6 Å². The van der Waals surface area contributed by atoms with Crippen LogP contribution in [0.2, 0.25) is 0 Å². The molecule has 1 amide bonds. The van der Waals surface area contributed by atoms with E-state index in [0.29, 0.717) is 6.04 Å². The second-order valence-corrected chi connectivity index (χ2v) is 5.20. The molecule has 0 bridgehead atoms. The van der Waals surface area contributed by atoms with Crippen LogP contribution in [-0.2, 0) is 4.79 Å². The summed E-state index contributed by atoms with van der Waals surface area (Å²) in [4.78, 5) is 11.5. The molecule has 0 heterocycles. The Morgan fingerprint density at radius 2 is 2.12 bits per heavy atom. The molecular formula is C13H26N2O. The fraction of sp³-hybridized carbons (Fsp3) is 0.923. The Labute approximate surface area is 99.4 Å². The van der Waals surface area contributed by atoms with Gasteiger partial charge in [-0.3, -0.25) is 4.79 Å². The Hall–Kier alpha value is -0.570. The third kappa shape index (κ3) is 3.48. The number of likely N-dealkylation sites (N-methyl/N-ethyl adjacent to an activating group) is 1. The van der Waals surface area contributed by atoms with Crippen LogP contribution in [0.3, 0.4) is 0 Å². The topological polar surface area (TPSA) is 41.1 Å². The monoisotopic (exact) mass is 226 g/mol. The molecule has 16 heavy (non-hydrogen) atoms. The lowest BCUT2D eigenvalue weighted by molar-refractivity contribution is -0.122. The maximum Gasteiger partial charge on any atom is 0.236 e. The molecule has 1 fully saturated rings. The Balaban J connectivity index is 2.48. The molecule has 3 nitrogen and oxygen atoms in total. The predicted molar refractivity (Wildman–Crippen MR) is 67.2 cm³/mol. The van der Waals surface area contributed by atoms with Gasteiger partial charge in [0.15, 0.2) is 0 Å². The van der Waals surface area contributed by atoms with E-state index in [1.807, 2.05) is 6.92 Å². The normalized spacial score (nSPS) is 32.1. The lowest BCUT2D eigenvalue weighted by Gasteiger charge is -2.36. The summed E-state index contributed by atoms with van der Waals surface area (Å²) in [6.45, 7) is 6.53. The highest BCUT2D eigenvalue weighted by molar-refractivity contribution is 5.80. The van der Waals surface area contributed by atoms with E-state index in [2.05, 4.69) is 24.5 Å². The third-order valence-corrected chi connectivity index (χ3v) is 3.87. The van der Waals surface area contributed by atoms with Gasteiger partial charge in [-0.05, 0) is 38.0 Å². The molecule has 0 radical (unpaired) electrons. The van der Waals surface area contributed by atoms with Gasteiger partial charge in [0.25, 0.3) is 0 Å². The average Bonchev–Trinajstić information content (AvgIpc) is 2.30. The first-order valence-electron chi connectivity index (χ1n) is 6.56. The zero-order chi connectivity index (χ0) is 12.1. The van der Waals surface area contributed by atoms with E-state index in [0.717, 1.165) is 11.8 Å². The molecule has 3 unspecified atom stereocenters. The second-order valence-electron chi connectivity index (χ2n) is 5.20. The van der Waals surface area contributed by atoms with E-state index in [1.54, 1.807) is 7.05 Å². The number of carbonyl (C=O) groups excluding carboxylic acids is 1. The van der Waals surface area contributed by atoms with E-state index in [9.17, 15) is 4.79 Å². The maximum atomic E-state index is 11.5. The van der Waals surface area contributed by atoms with E-state index in [-0.39, 0.29) is 11.9 Å². The summed E-state index contributed by atoms with van der Waals surface area (Å²) in [5, 5.41) is 6.17.